The van der Waals surface area contributed by atoms with Crippen LogP contribution in [0.5, 0.6) is 0 Å². The molecule has 0 saturated heterocycles. The third kappa shape index (κ3) is 3.45. The summed E-state index contributed by atoms with van der Waals surface area (Å²) in [4.78, 5) is 12.6. The van der Waals surface area contributed by atoms with Crippen LogP contribution < -0.4 is 10.6 Å². The first-order valence-electron chi connectivity index (χ1n) is 8.61. The Labute approximate surface area is 160 Å². The van der Waals surface area contributed by atoms with E-state index in [0.29, 0.717) is 5.56 Å². The van der Waals surface area contributed by atoms with Crippen molar-refractivity contribution < 1.29 is 9.90 Å². The largest absolute Gasteiger partial charge is 0.396 e. The Balaban J connectivity index is 1.54. The maximum absolute atomic E-state index is 12.6. The van der Waals surface area contributed by atoms with Gasteiger partial charge in [-0.3, -0.25) is 4.79 Å². The number of carbonyl (C=O) groups is 1. The van der Waals surface area contributed by atoms with Crippen LogP contribution in [0.3, 0.4) is 0 Å². The number of fused-ring (bicyclic) bond motifs is 2. The Kier molecular flexibility index (Phi) is 4.66. The number of anilines is 2. The topological polar surface area (TPSA) is 61.4 Å². The standard InChI is InChI=1S/C21H19BrN2O2/c22-18-5-3-14-8-17(2-1-15(14)9-18)21(26)24-19-6-4-16-7-13(12-25)11-23-20(16)10-19/h1-6,8-10,13,23,25H,7,11-12H2,(H,24,26). The molecule has 5 heteroatoms. The van der Waals surface area contributed by atoms with Gasteiger partial charge in [-0.15, -0.1) is 0 Å². The van der Waals surface area contributed by atoms with E-state index in [-0.39, 0.29) is 18.4 Å². The first-order chi connectivity index (χ1) is 12.6. The molecular weight excluding hydrogens is 392 g/mol. The first kappa shape index (κ1) is 17.1. The van der Waals surface area contributed by atoms with Crippen molar-refractivity contribution >= 4 is 44.0 Å². The van der Waals surface area contributed by atoms with Gasteiger partial charge in [0, 0.05) is 40.5 Å². The monoisotopic (exact) mass is 410 g/mol. The lowest BCUT2D eigenvalue weighted by atomic mass is 9.94. The number of carbonyl (C=O) groups excluding carboxylic acids is 1. The zero-order chi connectivity index (χ0) is 18.1. The molecule has 1 unspecified atom stereocenters. The summed E-state index contributed by atoms with van der Waals surface area (Å²) in [6.45, 7) is 0.935. The number of hydrogen-bond acceptors (Lipinski definition) is 3. The summed E-state index contributed by atoms with van der Waals surface area (Å²) in [7, 11) is 0. The number of aliphatic hydroxyl groups is 1. The van der Waals surface area contributed by atoms with Gasteiger partial charge >= 0.3 is 0 Å². The van der Waals surface area contributed by atoms with Crippen LogP contribution in [-0.4, -0.2) is 24.2 Å². The summed E-state index contributed by atoms with van der Waals surface area (Å²) in [5.74, 6) is 0.124. The van der Waals surface area contributed by atoms with Crippen LogP contribution >= 0.6 is 15.9 Å². The second kappa shape index (κ2) is 7.09. The van der Waals surface area contributed by atoms with E-state index >= 15 is 0 Å². The van der Waals surface area contributed by atoms with Gasteiger partial charge in [-0.25, -0.2) is 0 Å². The molecule has 26 heavy (non-hydrogen) atoms. The third-order valence-corrected chi connectivity index (χ3v) is 5.27. The second-order valence-electron chi connectivity index (χ2n) is 6.67. The molecule has 0 saturated carbocycles. The van der Waals surface area contributed by atoms with Gasteiger partial charge in [0.25, 0.3) is 5.91 Å². The van der Waals surface area contributed by atoms with Gasteiger partial charge in [0.05, 0.1) is 0 Å². The molecule has 0 fully saturated rings. The van der Waals surface area contributed by atoms with Gasteiger partial charge in [-0.1, -0.05) is 34.1 Å². The molecule has 3 aromatic carbocycles. The molecule has 0 bridgehead atoms. The van der Waals surface area contributed by atoms with E-state index in [9.17, 15) is 9.90 Å². The van der Waals surface area contributed by atoms with Gasteiger partial charge in [-0.05, 0) is 59.2 Å². The third-order valence-electron chi connectivity index (χ3n) is 4.78. The van der Waals surface area contributed by atoms with E-state index in [1.54, 1.807) is 0 Å². The highest BCUT2D eigenvalue weighted by Crippen LogP contribution is 2.28. The van der Waals surface area contributed by atoms with Gasteiger partial charge < -0.3 is 15.7 Å². The molecular formula is C21H19BrN2O2. The zero-order valence-electron chi connectivity index (χ0n) is 14.1. The van der Waals surface area contributed by atoms with Crippen molar-refractivity contribution in [1.29, 1.82) is 0 Å². The molecule has 0 aliphatic carbocycles. The van der Waals surface area contributed by atoms with Crippen LogP contribution in [-0.2, 0) is 6.42 Å². The summed E-state index contributed by atoms with van der Waals surface area (Å²) in [6.07, 6.45) is 0.854. The van der Waals surface area contributed by atoms with Crippen molar-refractivity contribution in [1.82, 2.24) is 0 Å². The SMILES string of the molecule is O=C(Nc1ccc2c(c1)NCC(CO)C2)c1ccc2cc(Br)ccc2c1. The molecule has 0 spiro atoms. The number of aliphatic hydroxyl groups excluding tert-OH is 1. The average Bonchev–Trinajstić information content (AvgIpc) is 2.67. The number of amides is 1. The van der Waals surface area contributed by atoms with Crippen LogP contribution in [0.15, 0.2) is 59.1 Å². The molecule has 4 nitrogen and oxygen atoms in total. The minimum Gasteiger partial charge on any atom is -0.396 e. The van der Waals surface area contributed by atoms with Gasteiger partial charge in [-0.2, -0.15) is 0 Å². The molecule has 3 aromatic rings. The fourth-order valence-corrected chi connectivity index (χ4v) is 3.70. The van der Waals surface area contributed by atoms with Crippen LogP contribution in [0, 0.1) is 5.92 Å². The van der Waals surface area contributed by atoms with Crippen molar-refractivity contribution in [2.24, 2.45) is 5.92 Å². The fraction of sp³-hybridized carbons (Fsp3) is 0.190. The smallest absolute Gasteiger partial charge is 0.255 e. The molecule has 1 aliphatic heterocycles. The quantitative estimate of drug-likeness (QED) is 0.598. The lowest BCUT2D eigenvalue weighted by Gasteiger charge is -2.25. The second-order valence-corrected chi connectivity index (χ2v) is 7.58. The van der Waals surface area contributed by atoms with Crippen molar-refractivity contribution in [2.75, 3.05) is 23.8 Å². The predicted molar refractivity (Wildman–Crippen MR) is 109 cm³/mol. The lowest BCUT2D eigenvalue weighted by molar-refractivity contribution is 0.102. The highest BCUT2D eigenvalue weighted by Gasteiger charge is 2.18. The van der Waals surface area contributed by atoms with E-state index in [1.165, 1.54) is 5.56 Å². The van der Waals surface area contributed by atoms with E-state index in [0.717, 1.165) is 39.6 Å². The van der Waals surface area contributed by atoms with E-state index < -0.39 is 0 Å². The first-order valence-corrected chi connectivity index (χ1v) is 9.40. The minimum absolute atomic E-state index is 0.126. The summed E-state index contributed by atoms with van der Waals surface area (Å²) in [5, 5.41) is 17.7. The van der Waals surface area contributed by atoms with Crippen molar-refractivity contribution in [3.8, 4) is 0 Å². The summed E-state index contributed by atoms with van der Waals surface area (Å²) < 4.78 is 1.02. The Hall–Kier alpha value is -2.37. The maximum atomic E-state index is 12.6. The van der Waals surface area contributed by atoms with Crippen LogP contribution in [0.25, 0.3) is 10.8 Å². The highest BCUT2D eigenvalue weighted by atomic mass is 79.9. The summed E-state index contributed by atoms with van der Waals surface area (Å²) in [6, 6.07) is 17.6. The summed E-state index contributed by atoms with van der Waals surface area (Å²) >= 11 is 3.46. The normalized spacial score (nSPS) is 16.0. The van der Waals surface area contributed by atoms with Gasteiger partial charge in [0.1, 0.15) is 0 Å². The molecule has 132 valence electrons. The van der Waals surface area contributed by atoms with Crippen LogP contribution in [0.4, 0.5) is 11.4 Å². The Morgan fingerprint density at radius 3 is 2.77 bits per heavy atom. The molecule has 1 aliphatic rings. The Morgan fingerprint density at radius 2 is 1.92 bits per heavy atom. The highest BCUT2D eigenvalue weighted by molar-refractivity contribution is 9.10. The maximum Gasteiger partial charge on any atom is 0.255 e. The number of hydrogen-bond donors (Lipinski definition) is 3. The zero-order valence-corrected chi connectivity index (χ0v) is 15.7. The van der Waals surface area contributed by atoms with E-state index in [4.69, 9.17) is 0 Å². The average molecular weight is 411 g/mol. The van der Waals surface area contributed by atoms with E-state index in [1.807, 2.05) is 54.6 Å². The fourth-order valence-electron chi connectivity index (χ4n) is 3.32. The van der Waals surface area contributed by atoms with Crippen LogP contribution in [0.2, 0.25) is 0 Å². The molecule has 1 heterocycles. The number of halogens is 1. The van der Waals surface area contributed by atoms with Gasteiger partial charge in [0.15, 0.2) is 0 Å². The Bertz CT molecular complexity index is 987. The number of nitrogens with one attached hydrogen (secondary N) is 2. The number of benzene rings is 3. The molecule has 4 rings (SSSR count). The van der Waals surface area contributed by atoms with Crippen molar-refractivity contribution in [3.63, 3.8) is 0 Å². The molecule has 0 radical (unpaired) electrons. The van der Waals surface area contributed by atoms with Crippen LogP contribution in [0.1, 0.15) is 15.9 Å². The predicted octanol–water partition coefficient (Wildman–Crippen LogP) is 4.43. The van der Waals surface area contributed by atoms with Crippen molar-refractivity contribution in [3.05, 3.63) is 70.2 Å². The molecule has 1 amide bonds. The lowest BCUT2D eigenvalue weighted by Crippen LogP contribution is -2.25. The summed E-state index contributed by atoms with van der Waals surface area (Å²) in [5.41, 5.74) is 3.59. The molecule has 3 N–H and O–H groups in total. The number of rotatable bonds is 3. The Morgan fingerprint density at radius 1 is 1.12 bits per heavy atom. The molecule has 0 aromatic heterocycles. The molecule has 1 atom stereocenters. The van der Waals surface area contributed by atoms with E-state index in [2.05, 4.69) is 26.6 Å². The van der Waals surface area contributed by atoms with Crippen molar-refractivity contribution in [2.45, 2.75) is 6.42 Å². The minimum atomic E-state index is -0.126. The van der Waals surface area contributed by atoms with Gasteiger partial charge in [0.2, 0.25) is 0 Å².